The van der Waals surface area contributed by atoms with Crippen LogP contribution in [0.4, 0.5) is 25.0 Å². The minimum atomic E-state index is -1.09. The number of imide groups is 1. The maximum absolute atomic E-state index is 13.3. The van der Waals surface area contributed by atoms with Gasteiger partial charge in [0.15, 0.2) is 0 Å². The van der Waals surface area contributed by atoms with E-state index in [1.54, 1.807) is 12.1 Å². The maximum Gasteiger partial charge on any atom is 0.332 e. The van der Waals surface area contributed by atoms with Gasteiger partial charge in [0.25, 0.3) is 5.91 Å². The first-order valence-corrected chi connectivity index (χ1v) is 9.40. The molecule has 3 aromatic rings. The number of halogens is 2. The standard InChI is InChI=1S/C22H17F2N3O4/c23-14-3-7-16(8-4-14)25-20(28)12-19-21(29)27(17-9-5-15(24)6-10-17)22(30)26(19)13-18-2-1-11-31-18/h1-11,19H,12-13H2,(H,25,28)/t19-/m0/s1. The second kappa shape index (κ2) is 8.39. The number of rotatable bonds is 6. The smallest absolute Gasteiger partial charge is 0.332 e. The lowest BCUT2D eigenvalue weighted by atomic mass is 10.1. The third-order valence-electron chi connectivity index (χ3n) is 4.82. The van der Waals surface area contributed by atoms with Crippen LogP contribution in [0.1, 0.15) is 12.2 Å². The van der Waals surface area contributed by atoms with E-state index in [0.717, 1.165) is 17.0 Å². The second-order valence-electron chi connectivity index (χ2n) is 6.91. The van der Waals surface area contributed by atoms with Crippen molar-refractivity contribution in [3.8, 4) is 0 Å². The van der Waals surface area contributed by atoms with E-state index in [1.165, 1.54) is 47.6 Å². The zero-order valence-corrected chi connectivity index (χ0v) is 16.1. The highest BCUT2D eigenvalue weighted by Crippen LogP contribution is 2.29. The van der Waals surface area contributed by atoms with Gasteiger partial charge in [-0.05, 0) is 60.7 Å². The molecule has 0 aliphatic carbocycles. The highest BCUT2D eigenvalue weighted by molar-refractivity contribution is 6.22. The number of carbonyl (C=O) groups excluding carboxylic acids is 3. The topological polar surface area (TPSA) is 82.9 Å². The van der Waals surface area contributed by atoms with Gasteiger partial charge in [-0.1, -0.05) is 0 Å². The molecule has 2 heterocycles. The summed E-state index contributed by atoms with van der Waals surface area (Å²) in [6.07, 6.45) is 1.12. The molecule has 1 fully saturated rings. The van der Waals surface area contributed by atoms with Crippen LogP contribution in [0.15, 0.2) is 71.3 Å². The molecule has 1 aliphatic rings. The third-order valence-corrected chi connectivity index (χ3v) is 4.82. The zero-order chi connectivity index (χ0) is 22.0. The van der Waals surface area contributed by atoms with Gasteiger partial charge in [-0.2, -0.15) is 0 Å². The number of furan rings is 1. The van der Waals surface area contributed by atoms with Gasteiger partial charge in [-0.15, -0.1) is 0 Å². The Hall–Kier alpha value is -4.01. The van der Waals surface area contributed by atoms with E-state index < -0.39 is 35.5 Å². The lowest BCUT2D eigenvalue weighted by molar-refractivity contribution is -0.124. The summed E-state index contributed by atoms with van der Waals surface area (Å²) in [5, 5.41) is 2.59. The first-order chi connectivity index (χ1) is 14.9. The van der Waals surface area contributed by atoms with Crippen molar-refractivity contribution in [2.24, 2.45) is 0 Å². The van der Waals surface area contributed by atoms with Crippen molar-refractivity contribution in [2.75, 3.05) is 10.2 Å². The molecular weight excluding hydrogens is 408 g/mol. The summed E-state index contributed by atoms with van der Waals surface area (Å²) in [6, 6.07) is 11.6. The zero-order valence-electron chi connectivity index (χ0n) is 16.1. The highest BCUT2D eigenvalue weighted by Gasteiger charge is 2.47. The van der Waals surface area contributed by atoms with Crippen LogP contribution in [-0.2, 0) is 16.1 Å². The van der Waals surface area contributed by atoms with Crippen LogP contribution in [0.2, 0.25) is 0 Å². The Morgan fingerprint density at radius 3 is 2.23 bits per heavy atom. The predicted molar refractivity (Wildman–Crippen MR) is 107 cm³/mol. The van der Waals surface area contributed by atoms with Gasteiger partial charge in [0.2, 0.25) is 5.91 Å². The average Bonchev–Trinajstić information content (AvgIpc) is 3.33. The fraction of sp³-hybridized carbons (Fsp3) is 0.136. The van der Waals surface area contributed by atoms with Crippen LogP contribution in [0, 0.1) is 11.6 Å². The van der Waals surface area contributed by atoms with Gasteiger partial charge < -0.3 is 14.6 Å². The van der Waals surface area contributed by atoms with Gasteiger partial charge in [-0.3, -0.25) is 9.59 Å². The lowest BCUT2D eigenvalue weighted by Crippen LogP contribution is -2.37. The summed E-state index contributed by atoms with van der Waals surface area (Å²) in [5.41, 5.74) is 0.554. The van der Waals surface area contributed by atoms with Crippen LogP contribution in [0.5, 0.6) is 0 Å². The predicted octanol–water partition coefficient (Wildman–Crippen LogP) is 3.92. The van der Waals surface area contributed by atoms with Crippen molar-refractivity contribution in [1.82, 2.24) is 4.90 Å². The van der Waals surface area contributed by atoms with Crippen molar-refractivity contribution in [3.63, 3.8) is 0 Å². The van der Waals surface area contributed by atoms with E-state index in [2.05, 4.69) is 5.32 Å². The van der Waals surface area contributed by atoms with Crippen molar-refractivity contribution in [3.05, 3.63) is 84.3 Å². The molecule has 1 aliphatic heterocycles. The van der Waals surface area contributed by atoms with E-state index in [9.17, 15) is 23.2 Å². The Kier molecular flexibility index (Phi) is 5.48. The average molecular weight is 425 g/mol. The van der Waals surface area contributed by atoms with Crippen molar-refractivity contribution < 1.29 is 27.6 Å². The van der Waals surface area contributed by atoms with Crippen molar-refractivity contribution >= 4 is 29.2 Å². The molecular formula is C22H17F2N3O4. The van der Waals surface area contributed by atoms with Crippen LogP contribution < -0.4 is 10.2 Å². The molecule has 4 amide bonds. The SMILES string of the molecule is O=C(C[C@H]1C(=O)N(c2ccc(F)cc2)C(=O)N1Cc1ccco1)Nc1ccc(F)cc1. The number of carbonyl (C=O) groups is 3. The second-order valence-corrected chi connectivity index (χ2v) is 6.91. The Morgan fingerprint density at radius 2 is 1.61 bits per heavy atom. The van der Waals surface area contributed by atoms with Gasteiger partial charge >= 0.3 is 6.03 Å². The summed E-state index contributed by atoms with van der Waals surface area (Å²) < 4.78 is 31.6. The first kappa shape index (κ1) is 20.3. The van der Waals surface area contributed by atoms with E-state index >= 15 is 0 Å². The first-order valence-electron chi connectivity index (χ1n) is 9.40. The summed E-state index contributed by atoms with van der Waals surface area (Å²) in [6.45, 7) is -0.0240. The highest BCUT2D eigenvalue weighted by atomic mass is 19.1. The summed E-state index contributed by atoms with van der Waals surface area (Å²) >= 11 is 0. The molecule has 0 unspecified atom stereocenters. The molecule has 31 heavy (non-hydrogen) atoms. The molecule has 2 aromatic carbocycles. The molecule has 158 valence electrons. The van der Waals surface area contributed by atoms with Crippen LogP contribution in [0.25, 0.3) is 0 Å². The summed E-state index contributed by atoms with van der Waals surface area (Å²) in [7, 11) is 0. The molecule has 9 heteroatoms. The number of nitrogens with one attached hydrogen (secondary N) is 1. The Balaban J connectivity index is 1.58. The molecule has 1 atom stereocenters. The minimum Gasteiger partial charge on any atom is -0.467 e. The Morgan fingerprint density at radius 1 is 0.968 bits per heavy atom. The Bertz CT molecular complexity index is 1100. The number of hydrogen-bond donors (Lipinski definition) is 1. The largest absolute Gasteiger partial charge is 0.467 e. The lowest BCUT2D eigenvalue weighted by Gasteiger charge is -2.20. The monoisotopic (exact) mass is 425 g/mol. The number of benzene rings is 2. The molecule has 4 rings (SSSR count). The molecule has 0 radical (unpaired) electrons. The van der Waals surface area contributed by atoms with E-state index in [-0.39, 0.29) is 18.7 Å². The molecule has 0 spiro atoms. The quantitative estimate of drug-likeness (QED) is 0.607. The third kappa shape index (κ3) is 4.30. The number of urea groups is 1. The summed E-state index contributed by atoms with van der Waals surface area (Å²) in [5.74, 6) is -1.66. The number of anilines is 2. The molecule has 0 saturated carbocycles. The van der Waals surface area contributed by atoms with E-state index in [0.29, 0.717) is 11.4 Å². The summed E-state index contributed by atoms with van der Waals surface area (Å²) in [4.78, 5) is 40.8. The molecule has 1 aromatic heterocycles. The fourth-order valence-electron chi connectivity index (χ4n) is 3.33. The fourth-order valence-corrected chi connectivity index (χ4v) is 3.33. The molecule has 0 bridgehead atoms. The number of nitrogens with zero attached hydrogens (tertiary/aromatic N) is 2. The van der Waals surface area contributed by atoms with Gasteiger partial charge in [0, 0.05) is 5.69 Å². The van der Waals surface area contributed by atoms with Gasteiger partial charge in [0.1, 0.15) is 23.4 Å². The van der Waals surface area contributed by atoms with E-state index in [4.69, 9.17) is 4.42 Å². The van der Waals surface area contributed by atoms with E-state index in [1.807, 2.05) is 0 Å². The molecule has 7 nitrogen and oxygen atoms in total. The van der Waals surface area contributed by atoms with Crippen LogP contribution in [-0.4, -0.2) is 28.8 Å². The van der Waals surface area contributed by atoms with Crippen LogP contribution in [0.3, 0.4) is 0 Å². The van der Waals surface area contributed by atoms with Crippen LogP contribution >= 0.6 is 0 Å². The van der Waals surface area contributed by atoms with Crippen molar-refractivity contribution in [2.45, 2.75) is 19.0 Å². The molecule has 1 N–H and O–H groups in total. The molecule has 1 saturated heterocycles. The maximum atomic E-state index is 13.3. The number of amides is 4. The van der Waals surface area contributed by atoms with Gasteiger partial charge in [-0.25, -0.2) is 18.5 Å². The Labute approximate surface area is 175 Å². The minimum absolute atomic E-state index is 0.0240. The van der Waals surface area contributed by atoms with Crippen molar-refractivity contribution in [1.29, 1.82) is 0 Å². The van der Waals surface area contributed by atoms with Gasteiger partial charge in [0.05, 0.1) is 24.9 Å². The normalized spacial score (nSPS) is 16.1. The number of hydrogen-bond acceptors (Lipinski definition) is 4.